The fourth-order valence-corrected chi connectivity index (χ4v) is 5.28. The molecule has 1 aliphatic heterocycles. The van der Waals surface area contributed by atoms with E-state index in [9.17, 15) is 9.59 Å². The summed E-state index contributed by atoms with van der Waals surface area (Å²) in [5, 5.41) is 8.37. The molecule has 1 aromatic heterocycles. The Balaban J connectivity index is 1.92. The van der Waals surface area contributed by atoms with E-state index in [2.05, 4.69) is 10.2 Å². The number of nitrogens with one attached hydrogen (secondary N) is 1. The molecule has 0 saturated heterocycles. The molecule has 1 spiro atoms. The second kappa shape index (κ2) is 6.83. The van der Waals surface area contributed by atoms with Crippen LogP contribution >= 0.6 is 23.2 Å². The lowest BCUT2D eigenvalue weighted by atomic mass is 9.77. The lowest BCUT2D eigenvalue weighted by Gasteiger charge is -2.37. The highest BCUT2D eigenvalue weighted by Gasteiger charge is 2.63. The predicted octanol–water partition coefficient (Wildman–Crippen LogP) is 5.05. The molecule has 5 rings (SSSR count). The van der Waals surface area contributed by atoms with E-state index in [0.717, 1.165) is 11.3 Å². The second-order valence-corrected chi connectivity index (χ2v) is 10.0. The molecule has 0 bridgehead atoms. The number of benzene rings is 2. The zero-order valence-electron chi connectivity index (χ0n) is 18.0. The highest BCUT2D eigenvalue weighted by Crippen LogP contribution is 2.55. The summed E-state index contributed by atoms with van der Waals surface area (Å²) in [7, 11) is 1.52. The van der Waals surface area contributed by atoms with E-state index < -0.39 is 11.0 Å². The molecule has 6 nitrogen and oxygen atoms in total. The Morgan fingerprint density at radius 2 is 1.78 bits per heavy atom. The van der Waals surface area contributed by atoms with Crippen LogP contribution in [0.4, 0.5) is 5.69 Å². The van der Waals surface area contributed by atoms with Crippen LogP contribution in [-0.2, 0) is 22.2 Å². The van der Waals surface area contributed by atoms with E-state index in [-0.39, 0.29) is 23.8 Å². The fraction of sp³-hybridized carbons (Fsp3) is 0.292. The van der Waals surface area contributed by atoms with E-state index in [4.69, 9.17) is 27.9 Å². The van der Waals surface area contributed by atoms with Crippen LogP contribution in [0.25, 0.3) is 0 Å². The number of rotatable bonds is 2. The van der Waals surface area contributed by atoms with Crippen LogP contribution in [0.5, 0.6) is 5.75 Å². The standard InChI is InChI=1S/C24H21Cl2N3O3/c1-23(2,3)21-19-20(27-28-21)22(31)29(16-11-14(26)6-8-17(16)32-4)24(19)15-7-5-13(25)9-12(15)10-18(24)30/h5-9,11H,10H2,1-4H3,(H,27,28). The van der Waals surface area contributed by atoms with Crippen molar-refractivity contribution in [3.05, 3.63) is 74.5 Å². The van der Waals surface area contributed by atoms with Crippen molar-refractivity contribution < 1.29 is 14.3 Å². The summed E-state index contributed by atoms with van der Waals surface area (Å²) in [4.78, 5) is 29.3. The minimum absolute atomic E-state index is 0.129. The van der Waals surface area contributed by atoms with Gasteiger partial charge in [-0.1, -0.05) is 50.0 Å². The maximum Gasteiger partial charge on any atom is 0.280 e. The summed E-state index contributed by atoms with van der Waals surface area (Å²) in [6.07, 6.45) is 0.150. The highest BCUT2D eigenvalue weighted by atomic mass is 35.5. The van der Waals surface area contributed by atoms with Crippen molar-refractivity contribution in [2.24, 2.45) is 0 Å². The number of methoxy groups -OCH3 is 1. The number of amides is 1. The molecule has 2 aliphatic rings. The number of anilines is 1. The number of carbonyl (C=O) groups is 2. The minimum Gasteiger partial charge on any atom is -0.495 e. The van der Waals surface area contributed by atoms with Crippen molar-refractivity contribution in [1.82, 2.24) is 10.2 Å². The molecule has 1 amide bonds. The molecule has 164 valence electrons. The number of aromatic amines is 1. The van der Waals surface area contributed by atoms with Crippen molar-refractivity contribution in [3.8, 4) is 5.75 Å². The summed E-state index contributed by atoms with van der Waals surface area (Å²) >= 11 is 12.6. The molecular weight excluding hydrogens is 449 g/mol. The number of aromatic nitrogens is 2. The number of H-pyrrole nitrogens is 1. The third-order valence-electron chi connectivity index (χ3n) is 6.21. The van der Waals surface area contributed by atoms with Gasteiger partial charge in [-0.25, -0.2) is 0 Å². The van der Waals surface area contributed by atoms with E-state index in [1.165, 1.54) is 12.0 Å². The van der Waals surface area contributed by atoms with Crippen LogP contribution < -0.4 is 9.64 Å². The SMILES string of the molecule is COc1ccc(Cl)cc1N1C(=O)c2n[nH]c(C(C)(C)C)c2C12C(=O)Cc1cc(Cl)ccc12. The van der Waals surface area contributed by atoms with E-state index in [0.29, 0.717) is 32.6 Å². The van der Waals surface area contributed by atoms with Gasteiger partial charge >= 0.3 is 0 Å². The first-order chi connectivity index (χ1) is 15.1. The van der Waals surface area contributed by atoms with Crippen LogP contribution in [0, 0.1) is 0 Å². The number of Topliss-reactive ketones (excluding diaryl/α,β-unsaturated/α-hetero) is 1. The topological polar surface area (TPSA) is 75.3 Å². The van der Waals surface area contributed by atoms with E-state index in [1.807, 2.05) is 26.8 Å². The average molecular weight is 470 g/mol. The Bertz CT molecular complexity index is 1310. The van der Waals surface area contributed by atoms with Gasteiger partial charge in [-0.05, 0) is 41.5 Å². The number of ether oxygens (including phenoxy) is 1. The number of carbonyl (C=O) groups excluding carboxylic acids is 2. The molecule has 1 unspecified atom stereocenters. The maximum absolute atomic E-state index is 14.0. The van der Waals surface area contributed by atoms with Crippen LogP contribution in [0.15, 0.2) is 36.4 Å². The molecule has 0 saturated carbocycles. The van der Waals surface area contributed by atoms with Gasteiger partial charge in [0.25, 0.3) is 5.91 Å². The third-order valence-corrected chi connectivity index (χ3v) is 6.68. The van der Waals surface area contributed by atoms with Crippen molar-refractivity contribution in [1.29, 1.82) is 0 Å². The number of fused-ring (bicyclic) bond motifs is 4. The Labute approximate surface area is 195 Å². The van der Waals surface area contributed by atoms with Gasteiger partial charge in [0.05, 0.1) is 12.8 Å². The number of halogens is 2. The summed E-state index contributed by atoms with van der Waals surface area (Å²) in [5.74, 6) is -0.0805. The van der Waals surface area contributed by atoms with Crippen molar-refractivity contribution in [2.45, 2.75) is 38.1 Å². The van der Waals surface area contributed by atoms with Crippen LogP contribution in [0.3, 0.4) is 0 Å². The quantitative estimate of drug-likeness (QED) is 0.569. The molecule has 3 aromatic rings. The van der Waals surface area contributed by atoms with Gasteiger partial charge in [-0.3, -0.25) is 19.6 Å². The highest BCUT2D eigenvalue weighted by molar-refractivity contribution is 6.32. The zero-order valence-corrected chi connectivity index (χ0v) is 19.6. The molecule has 32 heavy (non-hydrogen) atoms. The lowest BCUT2D eigenvalue weighted by Crippen LogP contribution is -2.50. The number of nitrogens with zero attached hydrogens (tertiary/aromatic N) is 2. The van der Waals surface area contributed by atoms with Crippen LogP contribution in [-0.4, -0.2) is 29.0 Å². The molecule has 1 atom stereocenters. The smallest absolute Gasteiger partial charge is 0.280 e. The Kier molecular flexibility index (Phi) is 4.49. The van der Waals surface area contributed by atoms with Gasteiger partial charge in [0, 0.05) is 33.1 Å². The summed E-state index contributed by atoms with van der Waals surface area (Å²) in [5.41, 5.74) is 1.69. The van der Waals surface area contributed by atoms with Crippen LogP contribution in [0.1, 0.15) is 53.6 Å². The normalized spacial score (nSPS) is 19.6. The van der Waals surface area contributed by atoms with E-state index in [1.54, 1.807) is 30.3 Å². The van der Waals surface area contributed by atoms with E-state index >= 15 is 0 Å². The van der Waals surface area contributed by atoms with Crippen LogP contribution in [0.2, 0.25) is 10.0 Å². The number of hydrogen-bond donors (Lipinski definition) is 1. The molecular formula is C24H21Cl2N3O3. The third kappa shape index (κ3) is 2.63. The van der Waals surface area contributed by atoms with Gasteiger partial charge in [0.15, 0.2) is 17.0 Å². The van der Waals surface area contributed by atoms with Gasteiger partial charge in [0.1, 0.15) is 5.75 Å². The molecule has 2 heterocycles. The van der Waals surface area contributed by atoms with Gasteiger partial charge in [-0.15, -0.1) is 0 Å². The van der Waals surface area contributed by atoms with Crippen molar-refractivity contribution >= 4 is 40.6 Å². The zero-order chi connectivity index (χ0) is 23.0. The predicted molar refractivity (Wildman–Crippen MR) is 123 cm³/mol. The fourth-order valence-electron chi connectivity index (χ4n) is 4.92. The molecule has 0 radical (unpaired) electrons. The molecule has 8 heteroatoms. The summed E-state index contributed by atoms with van der Waals surface area (Å²) in [6.45, 7) is 6.05. The number of hydrogen-bond acceptors (Lipinski definition) is 4. The molecule has 0 fully saturated rings. The summed E-state index contributed by atoms with van der Waals surface area (Å²) < 4.78 is 5.57. The monoisotopic (exact) mass is 469 g/mol. The molecule has 1 N–H and O–H groups in total. The van der Waals surface area contributed by atoms with Crippen molar-refractivity contribution in [2.75, 3.05) is 12.0 Å². The maximum atomic E-state index is 14.0. The first-order valence-electron chi connectivity index (χ1n) is 10.2. The minimum atomic E-state index is -1.39. The largest absolute Gasteiger partial charge is 0.495 e. The van der Waals surface area contributed by atoms with Gasteiger partial charge in [0.2, 0.25) is 0 Å². The lowest BCUT2D eigenvalue weighted by molar-refractivity contribution is -0.121. The Morgan fingerprint density at radius 1 is 1.09 bits per heavy atom. The second-order valence-electron chi connectivity index (χ2n) is 9.14. The first kappa shape index (κ1) is 21.0. The van der Waals surface area contributed by atoms with Gasteiger partial charge < -0.3 is 4.74 Å². The first-order valence-corrected chi connectivity index (χ1v) is 11.0. The summed E-state index contributed by atoms with van der Waals surface area (Å²) in [6, 6.07) is 10.4. The molecule has 1 aliphatic carbocycles. The van der Waals surface area contributed by atoms with Gasteiger partial charge in [-0.2, -0.15) is 5.10 Å². The Hall–Kier alpha value is -2.83. The van der Waals surface area contributed by atoms with Crippen molar-refractivity contribution in [3.63, 3.8) is 0 Å². The Morgan fingerprint density at radius 3 is 2.47 bits per heavy atom. The number of ketones is 1. The average Bonchev–Trinajstić information content (AvgIpc) is 3.34. The molecule has 2 aromatic carbocycles.